The Morgan fingerprint density at radius 1 is 1.32 bits per heavy atom. The minimum Gasteiger partial charge on any atom is -0.413 e. The summed E-state index contributed by atoms with van der Waals surface area (Å²) in [7, 11) is -1.80. The fourth-order valence-electron chi connectivity index (χ4n) is 3.91. The molecule has 0 bridgehead atoms. The Labute approximate surface area is 164 Å². The van der Waals surface area contributed by atoms with Crippen LogP contribution in [0.25, 0.3) is 0 Å². The topological polar surface area (TPSA) is 18.5 Å². The van der Waals surface area contributed by atoms with Gasteiger partial charge in [-0.1, -0.05) is 54.9 Å². The van der Waals surface area contributed by atoms with Gasteiger partial charge in [0.2, 0.25) is 0 Å². The minimum atomic E-state index is -1.80. The van der Waals surface area contributed by atoms with Crippen LogP contribution >= 0.6 is 15.9 Å². The SMILES string of the molecule is C=C(C)[C@H]1CC[C@H]([C@H]2CC/C(=C/CBr)CO2)[C@H]1O[Si](C)(C)C(C)(C)C. The summed E-state index contributed by atoms with van der Waals surface area (Å²) in [5.41, 5.74) is 2.71. The summed E-state index contributed by atoms with van der Waals surface area (Å²) in [4.78, 5) is 0. The Bertz CT molecular complexity index is 497. The number of alkyl halides is 1. The Morgan fingerprint density at radius 3 is 2.48 bits per heavy atom. The molecule has 4 heteroatoms. The van der Waals surface area contributed by atoms with Gasteiger partial charge in [0.25, 0.3) is 0 Å². The molecule has 0 aromatic carbocycles. The van der Waals surface area contributed by atoms with Gasteiger partial charge in [0.05, 0.1) is 18.8 Å². The summed E-state index contributed by atoms with van der Waals surface area (Å²) in [6.45, 7) is 19.0. The van der Waals surface area contributed by atoms with Gasteiger partial charge in [-0.05, 0) is 56.3 Å². The second-order valence-corrected chi connectivity index (χ2v) is 14.8. The summed E-state index contributed by atoms with van der Waals surface area (Å²) in [5.74, 6) is 1.00. The van der Waals surface area contributed by atoms with Gasteiger partial charge in [-0.25, -0.2) is 0 Å². The number of rotatable bonds is 5. The lowest BCUT2D eigenvalue weighted by atomic mass is 9.88. The Kier molecular flexibility index (Phi) is 7.20. The van der Waals surface area contributed by atoms with Crippen molar-refractivity contribution in [1.29, 1.82) is 0 Å². The van der Waals surface area contributed by atoms with Gasteiger partial charge in [0.1, 0.15) is 0 Å². The Balaban J connectivity index is 2.14. The first-order valence-electron chi connectivity index (χ1n) is 9.75. The van der Waals surface area contributed by atoms with E-state index in [1.807, 2.05) is 0 Å². The standard InChI is InChI=1S/C21H37BrO2Si/c1-15(2)17-9-10-18(19-11-8-16(12-13-22)14-23-19)20(17)24-25(6,7)21(3,4)5/h12,17-20H,1,8-11,13-14H2,2-7H3/b16-12-/t17-,18-,19-,20+/m1/s1. The van der Waals surface area contributed by atoms with Crippen LogP contribution in [0.2, 0.25) is 18.1 Å². The number of hydrogen-bond acceptors (Lipinski definition) is 2. The molecule has 144 valence electrons. The van der Waals surface area contributed by atoms with Crippen LogP contribution in [0, 0.1) is 11.8 Å². The van der Waals surface area contributed by atoms with Crippen LogP contribution in [0.3, 0.4) is 0 Å². The number of halogens is 1. The van der Waals surface area contributed by atoms with E-state index in [1.165, 1.54) is 24.0 Å². The molecular formula is C21H37BrO2Si. The monoisotopic (exact) mass is 428 g/mol. The lowest BCUT2D eigenvalue weighted by Crippen LogP contribution is -2.48. The van der Waals surface area contributed by atoms with Gasteiger partial charge >= 0.3 is 0 Å². The predicted octanol–water partition coefficient (Wildman–Crippen LogP) is 6.48. The molecule has 0 aromatic heterocycles. The van der Waals surface area contributed by atoms with Crippen LogP contribution in [0.5, 0.6) is 0 Å². The van der Waals surface area contributed by atoms with Crippen LogP contribution < -0.4 is 0 Å². The molecule has 1 saturated carbocycles. The molecule has 2 nitrogen and oxygen atoms in total. The van der Waals surface area contributed by atoms with E-state index < -0.39 is 8.32 Å². The average Bonchev–Trinajstić information content (AvgIpc) is 2.90. The summed E-state index contributed by atoms with van der Waals surface area (Å²) in [6, 6.07) is 0. The summed E-state index contributed by atoms with van der Waals surface area (Å²) < 4.78 is 13.3. The van der Waals surface area contributed by atoms with E-state index in [1.54, 1.807) is 0 Å². The Morgan fingerprint density at radius 2 is 2.00 bits per heavy atom. The van der Waals surface area contributed by atoms with E-state index in [9.17, 15) is 0 Å². The van der Waals surface area contributed by atoms with Crippen LogP contribution in [0.15, 0.2) is 23.8 Å². The first kappa shape index (κ1) is 21.4. The molecule has 2 aliphatic rings. The fraction of sp³-hybridized carbons (Fsp3) is 0.810. The Hall–Kier alpha value is 0.0969. The van der Waals surface area contributed by atoms with Crippen LogP contribution in [0.4, 0.5) is 0 Å². The van der Waals surface area contributed by atoms with Crippen molar-refractivity contribution in [2.45, 2.75) is 83.7 Å². The molecule has 0 amide bonds. The van der Waals surface area contributed by atoms with Crippen molar-refractivity contribution >= 4 is 24.2 Å². The van der Waals surface area contributed by atoms with Gasteiger partial charge in [0, 0.05) is 17.2 Å². The largest absolute Gasteiger partial charge is 0.413 e. The second kappa shape index (κ2) is 8.41. The maximum atomic E-state index is 6.95. The molecule has 1 aliphatic heterocycles. The van der Waals surface area contributed by atoms with Crippen LogP contribution in [0.1, 0.15) is 53.4 Å². The molecule has 4 atom stereocenters. The highest BCUT2D eigenvalue weighted by molar-refractivity contribution is 9.09. The van der Waals surface area contributed by atoms with Crippen molar-refractivity contribution < 1.29 is 9.16 Å². The van der Waals surface area contributed by atoms with Crippen LogP contribution in [-0.4, -0.2) is 32.5 Å². The second-order valence-electron chi connectivity index (χ2n) is 9.44. The lowest BCUT2D eigenvalue weighted by molar-refractivity contribution is -0.0353. The van der Waals surface area contributed by atoms with Gasteiger partial charge < -0.3 is 9.16 Å². The maximum Gasteiger partial charge on any atom is 0.192 e. The smallest absolute Gasteiger partial charge is 0.192 e. The van der Waals surface area contributed by atoms with E-state index >= 15 is 0 Å². The molecule has 25 heavy (non-hydrogen) atoms. The third-order valence-corrected chi connectivity index (χ3v) is 11.4. The molecule has 0 unspecified atom stereocenters. The molecule has 0 radical (unpaired) electrons. The van der Waals surface area contributed by atoms with Crippen molar-refractivity contribution in [3.8, 4) is 0 Å². The van der Waals surface area contributed by atoms with E-state index in [0.29, 0.717) is 17.9 Å². The van der Waals surface area contributed by atoms with E-state index in [0.717, 1.165) is 24.8 Å². The van der Waals surface area contributed by atoms with E-state index in [-0.39, 0.29) is 11.1 Å². The van der Waals surface area contributed by atoms with Gasteiger partial charge in [-0.2, -0.15) is 0 Å². The van der Waals surface area contributed by atoms with Gasteiger partial charge in [-0.3, -0.25) is 0 Å². The van der Waals surface area contributed by atoms with Crippen molar-refractivity contribution in [3.63, 3.8) is 0 Å². The molecule has 1 saturated heterocycles. The number of ether oxygens (including phenoxy) is 1. The van der Waals surface area contributed by atoms with Gasteiger partial charge in [-0.15, -0.1) is 0 Å². The first-order chi connectivity index (χ1) is 11.6. The zero-order chi connectivity index (χ0) is 18.8. The molecule has 0 aromatic rings. The van der Waals surface area contributed by atoms with Crippen molar-refractivity contribution in [1.82, 2.24) is 0 Å². The minimum absolute atomic E-state index is 0.235. The fourth-order valence-corrected chi connectivity index (χ4v) is 5.75. The molecule has 1 aliphatic carbocycles. The van der Waals surface area contributed by atoms with Crippen LogP contribution in [-0.2, 0) is 9.16 Å². The van der Waals surface area contributed by atoms with Gasteiger partial charge in [0.15, 0.2) is 8.32 Å². The van der Waals surface area contributed by atoms with E-state index in [4.69, 9.17) is 9.16 Å². The van der Waals surface area contributed by atoms with Crippen molar-refractivity contribution in [2.75, 3.05) is 11.9 Å². The predicted molar refractivity (Wildman–Crippen MR) is 114 cm³/mol. The third-order valence-electron chi connectivity index (χ3n) is 6.58. The first-order valence-corrected chi connectivity index (χ1v) is 13.8. The average molecular weight is 430 g/mol. The highest BCUT2D eigenvalue weighted by atomic mass is 79.9. The third kappa shape index (κ3) is 5.09. The quantitative estimate of drug-likeness (QED) is 0.283. The number of hydrogen-bond donors (Lipinski definition) is 0. The summed E-state index contributed by atoms with van der Waals surface area (Å²) >= 11 is 3.49. The number of allylic oxidation sites excluding steroid dienone is 1. The molecular weight excluding hydrogens is 392 g/mol. The summed E-state index contributed by atoms with van der Waals surface area (Å²) in [6.07, 6.45) is 7.57. The molecule has 2 rings (SSSR count). The molecule has 1 heterocycles. The van der Waals surface area contributed by atoms with E-state index in [2.05, 4.69) is 69.4 Å². The van der Waals surface area contributed by atoms with Crippen molar-refractivity contribution in [2.24, 2.45) is 11.8 Å². The zero-order valence-corrected chi connectivity index (χ0v) is 19.6. The summed E-state index contributed by atoms with van der Waals surface area (Å²) in [5, 5.41) is 1.16. The molecule has 2 fully saturated rings. The maximum absolute atomic E-state index is 6.95. The normalized spacial score (nSPS) is 33.0. The highest BCUT2D eigenvalue weighted by Crippen LogP contribution is 2.46. The lowest BCUT2D eigenvalue weighted by Gasteiger charge is -2.43. The highest BCUT2D eigenvalue weighted by Gasteiger charge is 2.48. The molecule has 0 spiro atoms. The zero-order valence-electron chi connectivity index (χ0n) is 17.0. The molecule has 0 N–H and O–H groups in total. The van der Waals surface area contributed by atoms with Crippen molar-refractivity contribution in [3.05, 3.63) is 23.8 Å².